The molecule has 3 N–H and O–H groups in total. The lowest BCUT2D eigenvalue weighted by Crippen LogP contribution is -2.35. The Morgan fingerprint density at radius 1 is 1.20 bits per heavy atom. The van der Waals surface area contributed by atoms with Crippen molar-refractivity contribution in [3.63, 3.8) is 0 Å². The van der Waals surface area contributed by atoms with E-state index in [4.69, 9.17) is 5.73 Å². The van der Waals surface area contributed by atoms with Gasteiger partial charge in [-0.2, -0.15) is 4.68 Å². The van der Waals surface area contributed by atoms with Crippen molar-refractivity contribution in [1.82, 2.24) is 20.2 Å². The van der Waals surface area contributed by atoms with Crippen molar-refractivity contribution in [2.45, 2.75) is 25.7 Å². The summed E-state index contributed by atoms with van der Waals surface area (Å²) in [7, 11) is 0. The lowest BCUT2D eigenvalue weighted by atomic mass is 9.86. The first-order valence-corrected chi connectivity index (χ1v) is 7.11. The number of nitrogens with zero attached hydrogens (tertiary/aromatic N) is 4. The molecule has 0 saturated heterocycles. The lowest BCUT2D eigenvalue weighted by Gasteiger charge is -2.27. The van der Waals surface area contributed by atoms with Gasteiger partial charge in [-0.05, 0) is 47.4 Å². The molecule has 1 aliphatic rings. The smallest absolute Gasteiger partial charge is 0.247 e. The number of anilines is 1. The van der Waals surface area contributed by atoms with E-state index in [1.807, 2.05) is 30.3 Å². The molecule has 106 valence electrons. The van der Waals surface area contributed by atoms with Gasteiger partial charge in [0.1, 0.15) is 0 Å². The van der Waals surface area contributed by atoms with Crippen LogP contribution >= 0.6 is 0 Å². The molecule has 1 aromatic heterocycles. The van der Waals surface area contributed by atoms with Crippen molar-refractivity contribution in [2.75, 3.05) is 18.4 Å². The normalized spacial score (nSPS) is 17.2. The van der Waals surface area contributed by atoms with Crippen molar-refractivity contribution in [3.8, 4) is 5.69 Å². The minimum absolute atomic E-state index is 0.202. The molecule has 6 heteroatoms. The van der Waals surface area contributed by atoms with Crippen molar-refractivity contribution >= 4 is 5.95 Å². The standard InChI is InChI=1S/C14H20N6/c15-10-14(8-4-5-9-14)11-16-13-17-18-19-20(13)12-6-2-1-3-7-12/h1-3,6-7H,4-5,8-11,15H2,(H,16,17,19). The Balaban J connectivity index is 1.74. The van der Waals surface area contributed by atoms with Crippen molar-refractivity contribution in [2.24, 2.45) is 11.1 Å². The number of nitrogens with two attached hydrogens (primary N) is 1. The van der Waals surface area contributed by atoms with Crippen LogP contribution in [0.25, 0.3) is 5.69 Å². The highest BCUT2D eigenvalue weighted by molar-refractivity contribution is 5.38. The van der Waals surface area contributed by atoms with E-state index in [0.29, 0.717) is 12.5 Å². The van der Waals surface area contributed by atoms with E-state index in [-0.39, 0.29) is 5.41 Å². The van der Waals surface area contributed by atoms with Gasteiger partial charge >= 0.3 is 0 Å². The monoisotopic (exact) mass is 272 g/mol. The summed E-state index contributed by atoms with van der Waals surface area (Å²) in [5, 5.41) is 15.2. The molecule has 1 heterocycles. The van der Waals surface area contributed by atoms with Crippen LogP contribution in [0.5, 0.6) is 0 Å². The third kappa shape index (κ3) is 2.51. The lowest BCUT2D eigenvalue weighted by molar-refractivity contribution is 0.331. The molecule has 1 fully saturated rings. The van der Waals surface area contributed by atoms with E-state index in [2.05, 4.69) is 20.8 Å². The molecular formula is C14H20N6. The summed E-state index contributed by atoms with van der Waals surface area (Å²) in [5.74, 6) is 0.677. The van der Waals surface area contributed by atoms with Crippen LogP contribution < -0.4 is 11.1 Å². The second-order valence-corrected chi connectivity index (χ2v) is 5.51. The molecule has 0 bridgehead atoms. The fourth-order valence-corrected chi connectivity index (χ4v) is 2.89. The minimum Gasteiger partial charge on any atom is -0.352 e. The molecule has 6 nitrogen and oxygen atoms in total. The Labute approximate surface area is 118 Å². The Kier molecular flexibility index (Phi) is 3.64. The van der Waals surface area contributed by atoms with E-state index < -0.39 is 0 Å². The summed E-state index contributed by atoms with van der Waals surface area (Å²) < 4.78 is 1.72. The van der Waals surface area contributed by atoms with E-state index >= 15 is 0 Å². The van der Waals surface area contributed by atoms with Crippen molar-refractivity contribution in [3.05, 3.63) is 30.3 Å². The van der Waals surface area contributed by atoms with Crippen LogP contribution in [0.3, 0.4) is 0 Å². The fourth-order valence-electron chi connectivity index (χ4n) is 2.89. The van der Waals surface area contributed by atoms with Crippen LogP contribution in [0.1, 0.15) is 25.7 Å². The summed E-state index contributed by atoms with van der Waals surface area (Å²) >= 11 is 0. The maximum Gasteiger partial charge on any atom is 0.247 e. The zero-order valence-corrected chi connectivity index (χ0v) is 11.5. The predicted molar refractivity (Wildman–Crippen MR) is 77.6 cm³/mol. The molecular weight excluding hydrogens is 252 g/mol. The third-order valence-corrected chi connectivity index (χ3v) is 4.19. The van der Waals surface area contributed by atoms with Gasteiger partial charge in [-0.1, -0.05) is 36.1 Å². The molecule has 0 aliphatic heterocycles. The molecule has 1 aliphatic carbocycles. The first-order valence-electron chi connectivity index (χ1n) is 7.11. The van der Waals surface area contributed by atoms with Crippen LogP contribution in [0.15, 0.2) is 30.3 Å². The highest BCUT2D eigenvalue weighted by Crippen LogP contribution is 2.37. The second kappa shape index (κ2) is 5.58. The number of aromatic nitrogens is 4. The Morgan fingerprint density at radius 3 is 2.65 bits per heavy atom. The molecule has 0 unspecified atom stereocenters. The largest absolute Gasteiger partial charge is 0.352 e. The summed E-state index contributed by atoms with van der Waals surface area (Å²) in [4.78, 5) is 0. The Hall–Kier alpha value is -1.95. The fraction of sp³-hybridized carbons (Fsp3) is 0.500. The Morgan fingerprint density at radius 2 is 1.95 bits per heavy atom. The van der Waals surface area contributed by atoms with E-state index in [1.165, 1.54) is 25.7 Å². The molecule has 0 amide bonds. The molecule has 0 spiro atoms. The average molecular weight is 272 g/mol. The summed E-state index contributed by atoms with van der Waals surface area (Å²) in [5.41, 5.74) is 7.11. The van der Waals surface area contributed by atoms with Gasteiger partial charge < -0.3 is 11.1 Å². The zero-order chi connectivity index (χ0) is 13.8. The molecule has 1 saturated carbocycles. The molecule has 3 rings (SSSR count). The molecule has 0 radical (unpaired) electrons. The van der Waals surface area contributed by atoms with Crippen LogP contribution in [0, 0.1) is 5.41 Å². The quantitative estimate of drug-likeness (QED) is 0.864. The van der Waals surface area contributed by atoms with Gasteiger partial charge in [0.2, 0.25) is 5.95 Å². The highest BCUT2D eigenvalue weighted by atomic mass is 15.6. The minimum atomic E-state index is 0.202. The number of nitrogens with one attached hydrogen (secondary N) is 1. The maximum atomic E-state index is 5.96. The average Bonchev–Trinajstić information content (AvgIpc) is 3.16. The predicted octanol–water partition coefficient (Wildman–Crippen LogP) is 1.59. The number of benzene rings is 1. The van der Waals surface area contributed by atoms with Crippen molar-refractivity contribution < 1.29 is 0 Å². The maximum absolute atomic E-state index is 5.96. The van der Waals surface area contributed by atoms with E-state index in [1.54, 1.807) is 4.68 Å². The molecule has 2 aromatic rings. The van der Waals surface area contributed by atoms with Crippen LogP contribution in [0.2, 0.25) is 0 Å². The van der Waals surface area contributed by atoms with Crippen LogP contribution in [0.4, 0.5) is 5.95 Å². The highest BCUT2D eigenvalue weighted by Gasteiger charge is 2.32. The molecule has 20 heavy (non-hydrogen) atoms. The van der Waals surface area contributed by atoms with Gasteiger partial charge in [-0.25, -0.2) is 0 Å². The van der Waals surface area contributed by atoms with Gasteiger partial charge in [-0.15, -0.1) is 0 Å². The summed E-state index contributed by atoms with van der Waals surface area (Å²) in [6.07, 6.45) is 4.90. The van der Waals surface area contributed by atoms with Gasteiger partial charge in [0.05, 0.1) is 5.69 Å². The zero-order valence-electron chi connectivity index (χ0n) is 11.5. The first-order chi connectivity index (χ1) is 9.83. The molecule has 0 atom stereocenters. The first kappa shape index (κ1) is 13.1. The van der Waals surface area contributed by atoms with E-state index in [9.17, 15) is 0 Å². The third-order valence-electron chi connectivity index (χ3n) is 4.19. The van der Waals surface area contributed by atoms with Gasteiger partial charge in [0.25, 0.3) is 0 Å². The van der Waals surface area contributed by atoms with E-state index in [0.717, 1.165) is 12.2 Å². The number of hydrogen-bond donors (Lipinski definition) is 2. The second-order valence-electron chi connectivity index (χ2n) is 5.51. The number of para-hydroxylation sites is 1. The number of rotatable bonds is 5. The van der Waals surface area contributed by atoms with Gasteiger partial charge in [0, 0.05) is 6.54 Å². The Bertz CT molecular complexity index is 544. The number of hydrogen-bond acceptors (Lipinski definition) is 5. The number of tetrazole rings is 1. The van der Waals surface area contributed by atoms with Gasteiger partial charge in [-0.3, -0.25) is 0 Å². The summed E-state index contributed by atoms with van der Waals surface area (Å²) in [6, 6.07) is 9.88. The van der Waals surface area contributed by atoms with Gasteiger partial charge in [0.15, 0.2) is 0 Å². The topological polar surface area (TPSA) is 81.7 Å². The van der Waals surface area contributed by atoms with Crippen LogP contribution in [-0.4, -0.2) is 33.3 Å². The van der Waals surface area contributed by atoms with Crippen molar-refractivity contribution in [1.29, 1.82) is 0 Å². The van der Waals surface area contributed by atoms with Crippen LogP contribution in [-0.2, 0) is 0 Å². The summed E-state index contributed by atoms with van der Waals surface area (Å²) in [6.45, 7) is 1.55. The SMILES string of the molecule is NCC1(CNc2nnnn2-c2ccccc2)CCCC1. The molecule has 1 aromatic carbocycles.